The summed E-state index contributed by atoms with van der Waals surface area (Å²) in [5, 5.41) is 3.41. The first kappa shape index (κ1) is 16.1. The molecule has 132 valence electrons. The Morgan fingerprint density at radius 1 is 1.40 bits per heavy atom. The highest BCUT2D eigenvalue weighted by Crippen LogP contribution is 2.35. The van der Waals surface area contributed by atoms with Crippen molar-refractivity contribution < 1.29 is 13.9 Å². The lowest BCUT2D eigenvalue weighted by atomic mass is 9.89. The van der Waals surface area contributed by atoms with Crippen LogP contribution in [0.3, 0.4) is 0 Å². The van der Waals surface area contributed by atoms with Crippen molar-refractivity contribution >= 4 is 11.9 Å². The Kier molecular flexibility index (Phi) is 4.17. The minimum Gasteiger partial charge on any atom is -0.472 e. The molecule has 1 spiro atoms. The van der Waals surface area contributed by atoms with Crippen LogP contribution in [0.15, 0.2) is 35.4 Å². The van der Waals surface area contributed by atoms with Gasteiger partial charge in [-0.05, 0) is 37.8 Å². The van der Waals surface area contributed by atoms with Gasteiger partial charge in [0.25, 0.3) is 5.91 Å². The van der Waals surface area contributed by atoms with Gasteiger partial charge in [0, 0.05) is 31.6 Å². The summed E-state index contributed by atoms with van der Waals surface area (Å²) in [5.74, 6) is 0.656. The van der Waals surface area contributed by atoms with E-state index in [1.807, 2.05) is 24.2 Å². The van der Waals surface area contributed by atoms with Crippen LogP contribution >= 0.6 is 0 Å². The molecule has 7 nitrogen and oxygen atoms in total. The van der Waals surface area contributed by atoms with Gasteiger partial charge in [0.1, 0.15) is 6.26 Å². The topological polar surface area (TPSA) is 80.5 Å². The average Bonchev–Trinajstić information content (AvgIpc) is 3.27. The summed E-state index contributed by atoms with van der Waals surface area (Å²) in [4.78, 5) is 23.0. The monoisotopic (exact) mass is 342 g/mol. The molecule has 2 atom stereocenters. The highest BCUT2D eigenvalue weighted by atomic mass is 16.5. The van der Waals surface area contributed by atoms with E-state index in [-0.39, 0.29) is 17.6 Å². The second kappa shape index (κ2) is 6.48. The molecule has 0 aromatic carbocycles. The first-order chi connectivity index (χ1) is 12.1. The number of rotatable bonds is 3. The van der Waals surface area contributed by atoms with Gasteiger partial charge in [-0.25, -0.2) is 9.97 Å². The van der Waals surface area contributed by atoms with Crippen LogP contribution in [0.2, 0.25) is 0 Å². The third-order valence-electron chi connectivity index (χ3n) is 4.98. The first-order valence-corrected chi connectivity index (χ1v) is 8.64. The fourth-order valence-corrected chi connectivity index (χ4v) is 3.67. The summed E-state index contributed by atoms with van der Waals surface area (Å²) in [7, 11) is 0. The number of furan rings is 1. The second-order valence-electron chi connectivity index (χ2n) is 6.94. The zero-order valence-electron chi connectivity index (χ0n) is 14.3. The zero-order chi connectivity index (χ0) is 17.3. The van der Waals surface area contributed by atoms with Gasteiger partial charge in [-0.3, -0.25) is 4.79 Å². The number of aryl methyl sites for hydroxylation is 1. The standard InChI is InChI=1S/C18H22N4O3/c1-13-9-19-17(20-10-13)21-15-3-7-25-18(8-15)4-5-22(12-18)16(23)14-2-6-24-11-14/h2,6,9-11,15H,3-5,7-8,12H2,1H3,(H,19,20,21)/t15-,18-/m0/s1. The number of amides is 1. The molecular weight excluding hydrogens is 320 g/mol. The van der Waals surface area contributed by atoms with Crippen molar-refractivity contribution in [3.05, 3.63) is 42.1 Å². The molecule has 2 fully saturated rings. The Morgan fingerprint density at radius 3 is 3.00 bits per heavy atom. The number of likely N-dealkylation sites (tertiary alicyclic amines) is 1. The molecule has 0 unspecified atom stereocenters. The largest absolute Gasteiger partial charge is 0.472 e. The molecule has 4 heterocycles. The molecule has 2 saturated heterocycles. The molecular formula is C18H22N4O3. The van der Waals surface area contributed by atoms with E-state index in [0.29, 0.717) is 31.2 Å². The molecule has 0 aliphatic carbocycles. The van der Waals surface area contributed by atoms with Crippen molar-refractivity contribution in [2.45, 2.75) is 37.8 Å². The number of carbonyl (C=O) groups excluding carboxylic acids is 1. The van der Waals surface area contributed by atoms with Gasteiger partial charge < -0.3 is 19.4 Å². The number of anilines is 1. The van der Waals surface area contributed by atoms with E-state index in [4.69, 9.17) is 9.15 Å². The maximum absolute atomic E-state index is 12.5. The van der Waals surface area contributed by atoms with Crippen LogP contribution in [0.1, 0.15) is 35.2 Å². The van der Waals surface area contributed by atoms with Crippen molar-refractivity contribution in [3.63, 3.8) is 0 Å². The second-order valence-corrected chi connectivity index (χ2v) is 6.94. The Bertz CT molecular complexity index is 731. The Balaban J connectivity index is 1.40. The smallest absolute Gasteiger partial charge is 0.257 e. The Labute approximate surface area is 146 Å². The van der Waals surface area contributed by atoms with Crippen LogP contribution in [0, 0.1) is 6.92 Å². The number of aromatic nitrogens is 2. The van der Waals surface area contributed by atoms with E-state index in [2.05, 4.69) is 15.3 Å². The number of carbonyl (C=O) groups is 1. The number of nitrogens with zero attached hydrogens (tertiary/aromatic N) is 3. The van der Waals surface area contributed by atoms with E-state index in [1.165, 1.54) is 12.5 Å². The lowest BCUT2D eigenvalue weighted by Gasteiger charge is -2.38. The molecule has 0 radical (unpaired) electrons. The van der Waals surface area contributed by atoms with Gasteiger partial charge in [0.2, 0.25) is 5.95 Å². The van der Waals surface area contributed by atoms with Crippen molar-refractivity contribution in [1.29, 1.82) is 0 Å². The molecule has 2 aromatic heterocycles. The van der Waals surface area contributed by atoms with Gasteiger partial charge >= 0.3 is 0 Å². The molecule has 7 heteroatoms. The lowest BCUT2D eigenvalue weighted by molar-refractivity contribution is -0.0721. The molecule has 25 heavy (non-hydrogen) atoms. The number of hydrogen-bond acceptors (Lipinski definition) is 6. The molecule has 2 aliphatic heterocycles. The van der Waals surface area contributed by atoms with Crippen molar-refractivity contribution in [1.82, 2.24) is 14.9 Å². The van der Waals surface area contributed by atoms with Gasteiger partial charge in [-0.15, -0.1) is 0 Å². The van der Waals surface area contributed by atoms with Crippen LogP contribution in [-0.4, -0.2) is 52.1 Å². The summed E-state index contributed by atoms with van der Waals surface area (Å²) < 4.78 is 11.1. The van der Waals surface area contributed by atoms with Crippen molar-refractivity contribution in [2.24, 2.45) is 0 Å². The Hall–Kier alpha value is -2.41. The van der Waals surface area contributed by atoms with Crippen LogP contribution in [0.5, 0.6) is 0 Å². The van der Waals surface area contributed by atoms with Crippen LogP contribution in [-0.2, 0) is 4.74 Å². The Morgan fingerprint density at radius 2 is 2.24 bits per heavy atom. The third kappa shape index (κ3) is 3.37. The highest BCUT2D eigenvalue weighted by molar-refractivity contribution is 5.94. The van der Waals surface area contributed by atoms with Crippen molar-refractivity contribution in [2.75, 3.05) is 25.0 Å². The normalized spacial score (nSPS) is 26.1. The van der Waals surface area contributed by atoms with Crippen LogP contribution in [0.4, 0.5) is 5.95 Å². The maximum Gasteiger partial charge on any atom is 0.257 e. The minimum absolute atomic E-state index is 0.00572. The van der Waals surface area contributed by atoms with Gasteiger partial charge in [0.15, 0.2) is 0 Å². The molecule has 1 N–H and O–H groups in total. The summed E-state index contributed by atoms with van der Waals surface area (Å²) in [5.41, 5.74) is 1.36. The van der Waals surface area contributed by atoms with Crippen LogP contribution in [0.25, 0.3) is 0 Å². The number of hydrogen-bond donors (Lipinski definition) is 1. The third-order valence-corrected chi connectivity index (χ3v) is 4.98. The number of ether oxygens (including phenoxy) is 1. The average molecular weight is 342 g/mol. The molecule has 1 amide bonds. The van der Waals surface area contributed by atoms with E-state index < -0.39 is 0 Å². The maximum atomic E-state index is 12.5. The zero-order valence-corrected chi connectivity index (χ0v) is 14.3. The fourth-order valence-electron chi connectivity index (χ4n) is 3.67. The van der Waals surface area contributed by atoms with Gasteiger partial charge in [-0.2, -0.15) is 0 Å². The van der Waals surface area contributed by atoms with E-state index in [0.717, 1.165) is 24.8 Å². The molecule has 2 aromatic rings. The van der Waals surface area contributed by atoms with Crippen molar-refractivity contribution in [3.8, 4) is 0 Å². The predicted molar refractivity (Wildman–Crippen MR) is 91.3 cm³/mol. The molecule has 4 rings (SSSR count). The minimum atomic E-state index is -0.278. The summed E-state index contributed by atoms with van der Waals surface area (Å²) in [6.07, 6.45) is 9.25. The van der Waals surface area contributed by atoms with E-state index >= 15 is 0 Å². The molecule has 2 aliphatic rings. The number of nitrogens with one attached hydrogen (secondary N) is 1. The summed E-state index contributed by atoms with van der Waals surface area (Å²) in [6.45, 7) is 3.97. The molecule has 0 bridgehead atoms. The lowest BCUT2D eigenvalue weighted by Crippen LogP contribution is -2.47. The summed E-state index contributed by atoms with van der Waals surface area (Å²) >= 11 is 0. The first-order valence-electron chi connectivity index (χ1n) is 8.64. The fraction of sp³-hybridized carbons (Fsp3) is 0.500. The predicted octanol–water partition coefficient (Wildman–Crippen LogP) is 2.25. The quantitative estimate of drug-likeness (QED) is 0.921. The van der Waals surface area contributed by atoms with Gasteiger partial charge in [0.05, 0.1) is 24.0 Å². The highest BCUT2D eigenvalue weighted by Gasteiger charge is 2.45. The SMILES string of the molecule is Cc1cnc(N[C@H]2CCO[C@@]3(CCN(C(=O)c4ccoc4)C3)C2)nc1. The molecule has 0 saturated carbocycles. The van der Waals surface area contributed by atoms with E-state index in [9.17, 15) is 4.79 Å². The van der Waals surface area contributed by atoms with E-state index in [1.54, 1.807) is 6.07 Å². The summed E-state index contributed by atoms with van der Waals surface area (Å²) in [6, 6.07) is 1.95. The van der Waals surface area contributed by atoms with Crippen LogP contribution < -0.4 is 5.32 Å². The van der Waals surface area contributed by atoms with Gasteiger partial charge in [-0.1, -0.05) is 0 Å².